The van der Waals surface area contributed by atoms with Gasteiger partial charge in [0.1, 0.15) is 5.82 Å². The van der Waals surface area contributed by atoms with Gasteiger partial charge in [-0.1, -0.05) is 0 Å². The largest absolute Gasteiger partial charge is 0.465 e. The third kappa shape index (κ3) is 3.14. The summed E-state index contributed by atoms with van der Waals surface area (Å²) in [6, 6.07) is 3.22. The topological polar surface area (TPSA) is 99.7 Å². The van der Waals surface area contributed by atoms with Gasteiger partial charge < -0.3 is 4.74 Å². The molecule has 1 aromatic rings. The quantitative estimate of drug-likeness (QED) is 0.788. The fourth-order valence-electron chi connectivity index (χ4n) is 1.65. The molecule has 0 aliphatic heterocycles. The molecule has 0 aliphatic rings. The van der Waals surface area contributed by atoms with Gasteiger partial charge in [-0.25, -0.2) is 9.97 Å². The lowest BCUT2D eigenvalue weighted by Crippen LogP contribution is -2.42. The fourth-order valence-corrected chi connectivity index (χ4v) is 1.65. The van der Waals surface area contributed by atoms with Crippen LogP contribution >= 0.6 is 0 Å². The van der Waals surface area contributed by atoms with Crippen LogP contribution < -0.4 is 0 Å². The Labute approximate surface area is 124 Å². The van der Waals surface area contributed by atoms with Crippen LogP contribution in [0.2, 0.25) is 0 Å². The van der Waals surface area contributed by atoms with E-state index >= 15 is 0 Å². The average molecular weight is 312 g/mol. The smallest absolute Gasteiger partial charge is 0.419 e. The number of aromatic nitrogens is 2. The minimum Gasteiger partial charge on any atom is -0.465 e. The number of rotatable bonds is 4. The van der Waals surface area contributed by atoms with Crippen molar-refractivity contribution in [1.29, 1.82) is 10.5 Å². The molecule has 6 nitrogen and oxygen atoms in total. The molecule has 0 spiro atoms. The summed E-state index contributed by atoms with van der Waals surface area (Å²) >= 11 is 0. The average Bonchev–Trinajstić information content (AvgIpc) is 2.47. The predicted molar refractivity (Wildman–Crippen MR) is 65.7 cm³/mol. The number of esters is 1. The lowest BCUT2D eigenvalue weighted by molar-refractivity contribution is -0.150. The summed E-state index contributed by atoms with van der Waals surface area (Å²) in [7, 11) is 0. The monoisotopic (exact) mass is 312 g/mol. The lowest BCUT2D eigenvalue weighted by Gasteiger charge is -2.26. The highest BCUT2D eigenvalue weighted by molar-refractivity contribution is 5.83. The van der Waals surface area contributed by atoms with Crippen LogP contribution in [-0.2, 0) is 21.1 Å². The van der Waals surface area contributed by atoms with Crippen LogP contribution in [0.1, 0.15) is 25.2 Å². The van der Waals surface area contributed by atoms with E-state index in [9.17, 15) is 18.0 Å². The molecule has 0 amide bonds. The Hall–Kier alpha value is -2.68. The van der Waals surface area contributed by atoms with Crippen LogP contribution in [0.15, 0.2) is 12.4 Å². The highest BCUT2D eigenvalue weighted by Gasteiger charge is 2.48. The number of hydrogen-bond donors (Lipinski definition) is 0. The van der Waals surface area contributed by atoms with Crippen molar-refractivity contribution in [3.63, 3.8) is 0 Å². The normalized spacial score (nSPS) is 13.8. The molecule has 0 saturated carbocycles. The number of nitrogens with zero attached hydrogens (tertiary/aromatic N) is 4. The highest BCUT2D eigenvalue weighted by Crippen LogP contribution is 2.33. The Kier molecular flexibility index (Phi) is 5.05. The van der Waals surface area contributed by atoms with Crippen molar-refractivity contribution in [3.05, 3.63) is 23.8 Å². The zero-order chi connectivity index (χ0) is 17.0. The van der Waals surface area contributed by atoms with Gasteiger partial charge in [-0.15, -0.1) is 0 Å². The van der Waals surface area contributed by atoms with Gasteiger partial charge in [0.05, 0.1) is 24.3 Å². The van der Waals surface area contributed by atoms with E-state index in [4.69, 9.17) is 15.3 Å². The van der Waals surface area contributed by atoms with Gasteiger partial charge in [-0.3, -0.25) is 4.79 Å². The summed E-state index contributed by atoms with van der Waals surface area (Å²) in [5, 5.41) is 18.0. The Balaban J connectivity index is 3.38. The zero-order valence-electron chi connectivity index (χ0n) is 11.7. The van der Waals surface area contributed by atoms with Crippen molar-refractivity contribution in [2.45, 2.75) is 25.4 Å². The first-order valence-electron chi connectivity index (χ1n) is 6.08. The fraction of sp³-hybridized carbons (Fsp3) is 0.462. The number of halogens is 3. The maximum atomic E-state index is 12.5. The Morgan fingerprint density at radius 2 is 1.82 bits per heavy atom. The molecule has 1 heterocycles. The second-order valence-electron chi connectivity index (χ2n) is 4.41. The van der Waals surface area contributed by atoms with Crippen LogP contribution in [0, 0.1) is 28.6 Å². The van der Waals surface area contributed by atoms with Crippen molar-refractivity contribution in [2.75, 3.05) is 6.61 Å². The van der Waals surface area contributed by atoms with Gasteiger partial charge in [0, 0.05) is 12.4 Å². The number of hydrogen-bond acceptors (Lipinski definition) is 6. The molecule has 0 radical (unpaired) electrons. The second-order valence-corrected chi connectivity index (χ2v) is 4.41. The summed E-state index contributed by atoms with van der Waals surface area (Å²) in [6.45, 7) is 2.67. The van der Waals surface area contributed by atoms with Gasteiger partial charge in [-0.2, -0.15) is 23.7 Å². The minimum atomic E-state index is -4.64. The van der Waals surface area contributed by atoms with Crippen LogP contribution in [0.3, 0.4) is 0 Å². The molecule has 0 aromatic carbocycles. The molecular formula is C13H11F3N4O2. The number of ether oxygens (including phenoxy) is 1. The molecule has 0 N–H and O–H groups in total. The predicted octanol–water partition coefficient (Wildman–Crippen LogP) is 1.98. The van der Waals surface area contributed by atoms with E-state index in [1.54, 1.807) is 12.1 Å². The van der Waals surface area contributed by atoms with Crippen LogP contribution in [0.4, 0.5) is 13.2 Å². The third-order valence-corrected chi connectivity index (χ3v) is 2.98. The summed E-state index contributed by atoms with van der Waals surface area (Å²) in [5.74, 6) is -2.85. The standard InChI is InChI=1S/C13H11F3N4O2/c1-3-22-11(21)12(2,8(4-17)5-18)10-19-6-9(7-20-10)13(14,15)16/h6-8H,3H2,1-2H3. The molecular weight excluding hydrogens is 301 g/mol. The molecule has 1 rings (SSSR count). The van der Waals surface area contributed by atoms with Gasteiger partial charge in [0.25, 0.3) is 0 Å². The zero-order valence-corrected chi connectivity index (χ0v) is 11.7. The van der Waals surface area contributed by atoms with Crippen LogP contribution in [0.25, 0.3) is 0 Å². The van der Waals surface area contributed by atoms with E-state index in [-0.39, 0.29) is 12.4 Å². The van der Waals surface area contributed by atoms with Crippen molar-refractivity contribution < 1.29 is 22.7 Å². The number of carbonyl (C=O) groups excluding carboxylic acids is 1. The molecule has 1 atom stereocenters. The highest BCUT2D eigenvalue weighted by atomic mass is 19.4. The van der Waals surface area contributed by atoms with E-state index in [1.807, 2.05) is 0 Å². The molecule has 0 fully saturated rings. The summed E-state index contributed by atoms with van der Waals surface area (Å²) in [5.41, 5.74) is -2.99. The van der Waals surface area contributed by atoms with Crippen molar-refractivity contribution in [3.8, 4) is 12.1 Å². The number of nitriles is 2. The van der Waals surface area contributed by atoms with E-state index in [0.717, 1.165) is 0 Å². The van der Waals surface area contributed by atoms with E-state index in [2.05, 4.69) is 9.97 Å². The molecule has 9 heteroatoms. The summed E-state index contributed by atoms with van der Waals surface area (Å²) in [4.78, 5) is 19.1. The SMILES string of the molecule is CCOC(=O)C(C)(c1ncc(C(F)(F)F)cn1)C(C#N)C#N. The minimum absolute atomic E-state index is 0.0291. The molecule has 0 aliphatic carbocycles. The Morgan fingerprint density at radius 3 is 2.18 bits per heavy atom. The van der Waals surface area contributed by atoms with Gasteiger partial charge in [0.2, 0.25) is 0 Å². The Morgan fingerprint density at radius 1 is 1.32 bits per heavy atom. The van der Waals surface area contributed by atoms with Crippen LogP contribution in [0.5, 0.6) is 0 Å². The lowest BCUT2D eigenvalue weighted by atomic mass is 9.77. The van der Waals surface area contributed by atoms with E-state index in [0.29, 0.717) is 12.4 Å². The first-order chi connectivity index (χ1) is 10.2. The maximum absolute atomic E-state index is 12.5. The van der Waals surface area contributed by atoms with E-state index in [1.165, 1.54) is 13.8 Å². The van der Waals surface area contributed by atoms with Crippen molar-refractivity contribution in [2.24, 2.45) is 5.92 Å². The van der Waals surface area contributed by atoms with E-state index < -0.39 is 29.0 Å². The number of carbonyl (C=O) groups is 1. The van der Waals surface area contributed by atoms with Gasteiger partial charge in [-0.05, 0) is 13.8 Å². The maximum Gasteiger partial charge on any atom is 0.419 e. The molecule has 1 aromatic heterocycles. The number of alkyl halides is 3. The van der Waals surface area contributed by atoms with Crippen molar-refractivity contribution in [1.82, 2.24) is 9.97 Å². The van der Waals surface area contributed by atoms with Crippen molar-refractivity contribution >= 4 is 5.97 Å². The molecule has 0 bridgehead atoms. The second kappa shape index (κ2) is 6.39. The van der Waals surface area contributed by atoms with Gasteiger partial charge in [0.15, 0.2) is 11.3 Å². The Bertz CT molecular complexity index is 617. The first kappa shape index (κ1) is 17.4. The first-order valence-corrected chi connectivity index (χ1v) is 6.08. The molecule has 22 heavy (non-hydrogen) atoms. The molecule has 1 unspecified atom stereocenters. The summed E-state index contributed by atoms with van der Waals surface area (Å²) < 4.78 is 42.3. The molecule has 0 saturated heterocycles. The van der Waals surface area contributed by atoms with Crippen LogP contribution in [-0.4, -0.2) is 22.5 Å². The third-order valence-electron chi connectivity index (χ3n) is 2.98. The van der Waals surface area contributed by atoms with Gasteiger partial charge >= 0.3 is 12.1 Å². The molecule has 116 valence electrons. The summed E-state index contributed by atoms with van der Waals surface area (Å²) in [6.07, 6.45) is -3.65.